The normalized spacial score (nSPS) is 21.1. The molecule has 1 saturated heterocycles. The molecule has 2 aliphatic heterocycles. The number of fused-ring (bicyclic) bond motifs is 3. The summed E-state index contributed by atoms with van der Waals surface area (Å²) in [5, 5.41) is 14.2. The molecule has 0 aromatic heterocycles. The first-order chi connectivity index (χ1) is 13.1. The fraction of sp³-hybridized carbons (Fsp3) is 0.381. The molecule has 2 atom stereocenters. The number of piperidine rings is 1. The van der Waals surface area contributed by atoms with Gasteiger partial charge in [-0.05, 0) is 42.9 Å². The van der Waals surface area contributed by atoms with Crippen LogP contribution in [0.2, 0.25) is 0 Å². The molecule has 2 unspecified atom stereocenters. The van der Waals surface area contributed by atoms with Crippen molar-refractivity contribution >= 4 is 17.3 Å². The first kappa shape index (κ1) is 17.5. The Hall–Kier alpha value is -2.89. The molecule has 1 N–H and O–H groups in total. The number of carbonyl (C=O) groups excluding carboxylic acids is 1. The van der Waals surface area contributed by atoms with Crippen LogP contribution in [0.25, 0.3) is 0 Å². The predicted molar refractivity (Wildman–Crippen MR) is 104 cm³/mol. The molecule has 2 aromatic rings. The summed E-state index contributed by atoms with van der Waals surface area (Å²) < 4.78 is 0. The molecule has 2 heterocycles. The third kappa shape index (κ3) is 3.52. The Bertz CT molecular complexity index is 853. The van der Waals surface area contributed by atoms with E-state index in [1.165, 1.54) is 0 Å². The van der Waals surface area contributed by atoms with E-state index in [2.05, 4.69) is 10.2 Å². The van der Waals surface area contributed by atoms with Crippen LogP contribution in [0.1, 0.15) is 30.4 Å². The third-order valence-electron chi connectivity index (χ3n) is 5.68. The van der Waals surface area contributed by atoms with Gasteiger partial charge in [0.25, 0.3) is 5.69 Å². The van der Waals surface area contributed by atoms with Crippen LogP contribution in [-0.2, 0) is 17.8 Å². The van der Waals surface area contributed by atoms with Crippen molar-refractivity contribution in [3.8, 4) is 0 Å². The average molecular weight is 365 g/mol. The van der Waals surface area contributed by atoms with E-state index in [9.17, 15) is 14.9 Å². The molecule has 0 aliphatic carbocycles. The van der Waals surface area contributed by atoms with E-state index in [1.54, 1.807) is 12.1 Å². The van der Waals surface area contributed by atoms with Crippen molar-refractivity contribution in [3.05, 3.63) is 69.8 Å². The summed E-state index contributed by atoms with van der Waals surface area (Å²) in [4.78, 5) is 26.1. The van der Waals surface area contributed by atoms with E-state index >= 15 is 0 Å². The second kappa shape index (κ2) is 7.39. The van der Waals surface area contributed by atoms with E-state index < -0.39 is 0 Å². The standard InChI is InChI=1S/C21H23N3O3/c25-21(22-14-15-6-2-1-3-7-15)18-13-16-12-17(24(26)27)9-10-19(16)23-11-5-4-8-20(18)23/h1-3,6-7,9-10,12,18,20H,4-5,8,11,13-14H2,(H,22,25). The fourth-order valence-corrected chi connectivity index (χ4v) is 4.36. The van der Waals surface area contributed by atoms with Gasteiger partial charge < -0.3 is 10.2 Å². The van der Waals surface area contributed by atoms with E-state index in [1.807, 2.05) is 36.4 Å². The van der Waals surface area contributed by atoms with Gasteiger partial charge in [-0.15, -0.1) is 0 Å². The number of anilines is 1. The first-order valence-corrected chi connectivity index (χ1v) is 9.49. The number of nitrogens with one attached hydrogen (secondary N) is 1. The lowest BCUT2D eigenvalue weighted by molar-refractivity contribution is -0.384. The zero-order chi connectivity index (χ0) is 18.8. The van der Waals surface area contributed by atoms with Gasteiger partial charge in [0.05, 0.1) is 10.8 Å². The Balaban J connectivity index is 1.57. The van der Waals surface area contributed by atoms with Crippen LogP contribution >= 0.6 is 0 Å². The van der Waals surface area contributed by atoms with E-state index in [4.69, 9.17) is 0 Å². The Morgan fingerprint density at radius 2 is 2.00 bits per heavy atom. The Morgan fingerprint density at radius 1 is 1.19 bits per heavy atom. The lowest BCUT2D eigenvalue weighted by Gasteiger charge is -2.45. The molecule has 2 aromatic carbocycles. The number of benzene rings is 2. The minimum Gasteiger partial charge on any atom is -0.368 e. The number of rotatable bonds is 4. The fourth-order valence-electron chi connectivity index (χ4n) is 4.36. The number of carbonyl (C=O) groups is 1. The van der Waals surface area contributed by atoms with Crippen molar-refractivity contribution in [1.82, 2.24) is 5.32 Å². The molecule has 0 bridgehead atoms. The minimum absolute atomic E-state index is 0.0351. The number of nitro benzene ring substituents is 1. The first-order valence-electron chi connectivity index (χ1n) is 9.49. The van der Waals surface area contributed by atoms with Gasteiger partial charge in [-0.1, -0.05) is 30.3 Å². The highest BCUT2D eigenvalue weighted by Crippen LogP contribution is 2.39. The molecular formula is C21H23N3O3. The van der Waals surface area contributed by atoms with E-state index in [-0.39, 0.29) is 28.5 Å². The Kier molecular flexibility index (Phi) is 4.79. The highest BCUT2D eigenvalue weighted by molar-refractivity contribution is 5.82. The largest absolute Gasteiger partial charge is 0.368 e. The van der Waals surface area contributed by atoms with Gasteiger partial charge >= 0.3 is 0 Å². The van der Waals surface area contributed by atoms with Crippen LogP contribution in [0.3, 0.4) is 0 Å². The van der Waals surface area contributed by atoms with Crippen LogP contribution < -0.4 is 10.2 Å². The second-order valence-electron chi connectivity index (χ2n) is 7.34. The summed E-state index contributed by atoms with van der Waals surface area (Å²) in [7, 11) is 0. The van der Waals surface area contributed by atoms with Gasteiger partial charge in [0, 0.05) is 37.0 Å². The molecule has 1 fully saturated rings. The van der Waals surface area contributed by atoms with Crippen molar-refractivity contribution < 1.29 is 9.72 Å². The monoisotopic (exact) mass is 365 g/mol. The summed E-state index contributed by atoms with van der Waals surface area (Å²) in [6, 6.07) is 15.1. The lowest BCUT2D eigenvalue weighted by atomic mass is 9.80. The lowest BCUT2D eigenvalue weighted by Crippen LogP contribution is -2.53. The van der Waals surface area contributed by atoms with Crippen LogP contribution in [0, 0.1) is 16.0 Å². The molecule has 6 heteroatoms. The predicted octanol–water partition coefficient (Wildman–Crippen LogP) is 3.44. The number of amides is 1. The van der Waals surface area contributed by atoms with Gasteiger partial charge in [-0.25, -0.2) is 0 Å². The summed E-state index contributed by atoms with van der Waals surface area (Å²) in [6.07, 6.45) is 3.75. The third-order valence-corrected chi connectivity index (χ3v) is 5.68. The summed E-state index contributed by atoms with van der Waals surface area (Å²) >= 11 is 0. The number of hydrogen-bond donors (Lipinski definition) is 1. The number of non-ortho nitro benzene ring substituents is 1. The second-order valence-corrected chi connectivity index (χ2v) is 7.34. The topological polar surface area (TPSA) is 75.5 Å². The van der Waals surface area contributed by atoms with Crippen LogP contribution in [0.4, 0.5) is 11.4 Å². The van der Waals surface area contributed by atoms with Crippen molar-refractivity contribution in [3.63, 3.8) is 0 Å². The number of nitro groups is 1. The van der Waals surface area contributed by atoms with E-state index in [0.29, 0.717) is 13.0 Å². The summed E-state index contributed by atoms with van der Waals surface area (Å²) in [6.45, 7) is 1.41. The number of nitrogens with zero attached hydrogens (tertiary/aromatic N) is 2. The molecule has 6 nitrogen and oxygen atoms in total. The van der Waals surface area contributed by atoms with Crippen LogP contribution in [-0.4, -0.2) is 23.4 Å². The molecule has 4 rings (SSSR count). The molecule has 0 spiro atoms. The highest BCUT2D eigenvalue weighted by Gasteiger charge is 2.39. The maximum absolute atomic E-state index is 13.0. The highest BCUT2D eigenvalue weighted by atomic mass is 16.6. The van der Waals surface area contributed by atoms with Gasteiger partial charge in [-0.2, -0.15) is 0 Å². The zero-order valence-electron chi connectivity index (χ0n) is 15.1. The molecule has 0 saturated carbocycles. The molecular weight excluding hydrogens is 342 g/mol. The quantitative estimate of drug-likeness (QED) is 0.665. The average Bonchev–Trinajstić information content (AvgIpc) is 2.71. The molecule has 1 amide bonds. The van der Waals surface area contributed by atoms with Crippen LogP contribution in [0.15, 0.2) is 48.5 Å². The van der Waals surface area contributed by atoms with Crippen LogP contribution in [0.5, 0.6) is 0 Å². The van der Waals surface area contributed by atoms with Gasteiger partial charge in [0.1, 0.15) is 0 Å². The van der Waals surface area contributed by atoms with Crippen molar-refractivity contribution in [2.75, 3.05) is 11.4 Å². The maximum atomic E-state index is 13.0. The summed E-state index contributed by atoms with van der Waals surface area (Å²) in [5.74, 6) is -0.142. The molecule has 27 heavy (non-hydrogen) atoms. The Morgan fingerprint density at radius 3 is 2.78 bits per heavy atom. The van der Waals surface area contributed by atoms with Crippen molar-refractivity contribution in [1.29, 1.82) is 0 Å². The van der Waals surface area contributed by atoms with Crippen molar-refractivity contribution in [2.24, 2.45) is 5.92 Å². The molecule has 2 aliphatic rings. The number of hydrogen-bond acceptors (Lipinski definition) is 4. The smallest absolute Gasteiger partial charge is 0.269 e. The molecule has 0 radical (unpaired) electrons. The molecule has 140 valence electrons. The van der Waals surface area contributed by atoms with Gasteiger partial charge in [0.2, 0.25) is 5.91 Å². The zero-order valence-corrected chi connectivity index (χ0v) is 15.1. The van der Waals surface area contributed by atoms with E-state index in [0.717, 1.165) is 42.6 Å². The van der Waals surface area contributed by atoms with Gasteiger partial charge in [0.15, 0.2) is 0 Å². The SMILES string of the molecule is O=C(NCc1ccccc1)C1Cc2cc([N+](=O)[O-])ccc2N2CCCCC12. The minimum atomic E-state index is -0.368. The van der Waals surface area contributed by atoms with Gasteiger partial charge in [-0.3, -0.25) is 14.9 Å². The maximum Gasteiger partial charge on any atom is 0.269 e. The van der Waals surface area contributed by atoms with Crippen molar-refractivity contribution in [2.45, 2.75) is 38.3 Å². The summed E-state index contributed by atoms with van der Waals surface area (Å²) in [5.41, 5.74) is 3.12. The Labute approximate surface area is 158 Å².